The summed E-state index contributed by atoms with van der Waals surface area (Å²) in [6.07, 6.45) is 8.29. The van der Waals surface area contributed by atoms with Gasteiger partial charge in [-0.2, -0.15) is 0 Å². The molecule has 39 heavy (non-hydrogen) atoms. The number of thiazole rings is 1. The van der Waals surface area contributed by atoms with Crippen molar-refractivity contribution >= 4 is 50.7 Å². The molecule has 2 aromatic rings. The molecule has 7 atom stereocenters. The molecule has 0 spiro atoms. The van der Waals surface area contributed by atoms with Crippen LogP contribution in [0.1, 0.15) is 58.4 Å². The first kappa shape index (κ1) is 27.1. The Hall–Kier alpha value is -2.13. The highest BCUT2D eigenvalue weighted by Crippen LogP contribution is 2.67. The Morgan fingerprint density at radius 3 is 2.79 bits per heavy atom. The van der Waals surface area contributed by atoms with Crippen molar-refractivity contribution in [2.24, 2.45) is 28.6 Å². The monoisotopic (exact) mass is 565 g/mol. The summed E-state index contributed by atoms with van der Waals surface area (Å²) in [5, 5.41) is 23.6. The zero-order valence-corrected chi connectivity index (χ0v) is 24.2. The van der Waals surface area contributed by atoms with Crippen LogP contribution < -0.4 is 0 Å². The van der Waals surface area contributed by atoms with Gasteiger partial charge in [-0.15, -0.1) is 11.3 Å². The first-order valence-corrected chi connectivity index (χ1v) is 15.6. The third-order valence-electron chi connectivity index (χ3n) is 10.3. The second-order valence-electron chi connectivity index (χ2n) is 12.5. The summed E-state index contributed by atoms with van der Waals surface area (Å²) in [4.78, 5) is 41.9. The molecular weight excluding hydrogens is 530 g/mol. The average Bonchev–Trinajstić information content (AvgIpc) is 3.40. The molecule has 0 bridgehead atoms. The highest BCUT2D eigenvalue weighted by atomic mass is 32.2. The van der Waals surface area contributed by atoms with Gasteiger partial charge in [-0.05, 0) is 80.7 Å². The van der Waals surface area contributed by atoms with Crippen LogP contribution >= 0.6 is 23.1 Å². The van der Waals surface area contributed by atoms with E-state index in [4.69, 9.17) is 0 Å². The smallest absolute Gasteiger partial charge is 0.178 e. The summed E-state index contributed by atoms with van der Waals surface area (Å²) in [5.74, 6) is 0.350. The van der Waals surface area contributed by atoms with E-state index in [0.29, 0.717) is 19.3 Å². The fourth-order valence-electron chi connectivity index (χ4n) is 8.44. The van der Waals surface area contributed by atoms with Gasteiger partial charge in [0.25, 0.3) is 0 Å². The molecule has 5 unspecified atom stereocenters. The highest BCUT2D eigenvalue weighted by Gasteiger charge is 2.68. The van der Waals surface area contributed by atoms with Gasteiger partial charge < -0.3 is 10.2 Å². The van der Waals surface area contributed by atoms with Crippen molar-refractivity contribution in [2.45, 2.75) is 75.3 Å². The van der Waals surface area contributed by atoms with Crippen LogP contribution in [-0.4, -0.2) is 50.0 Å². The highest BCUT2D eigenvalue weighted by molar-refractivity contribution is 8.01. The second-order valence-corrected chi connectivity index (χ2v) is 14.7. The number of benzene rings is 1. The van der Waals surface area contributed by atoms with Gasteiger partial charge in [-0.25, -0.2) is 4.98 Å². The van der Waals surface area contributed by atoms with Crippen LogP contribution in [0.5, 0.6) is 0 Å². The molecule has 1 heterocycles. The van der Waals surface area contributed by atoms with Crippen molar-refractivity contribution in [1.29, 1.82) is 0 Å². The molecule has 2 N–H and O–H groups in total. The summed E-state index contributed by atoms with van der Waals surface area (Å²) < 4.78 is 1.75. The van der Waals surface area contributed by atoms with E-state index in [2.05, 4.69) is 11.9 Å². The van der Waals surface area contributed by atoms with Crippen molar-refractivity contribution in [3.63, 3.8) is 0 Å². The molecular formula is C31H35NO5S2. The Bertz CT molecular complexity index is 1440. The number of aliphatic hydroxyl groups excluding tert-OH is 1. The van der Waals surface area contributed by atoms with Crippen LogP contribution in [0.15, 0.2) is 46.3 Å². The van der Waals surface area contributed by atoms with Gasteiger partial charge in [0.15, 0.2) is 15.9 Å². The lowest BCUT2D eigenvalue weighted by atomic mass is 9.46. The first-order valence-electron chi connectivity index (χ1n) is 13.8. The number of aromatic nitrogens is 1. The number of Topliss-reactive ketones (excluding diaryl/α,β-unsaturated/α-hetero) is 2. The lowest BCUT2D eigenvalue weighted by molar-refractivity contribution is -0.174. The topological polar surface area (TPSA) is 105 Å². The molecule has 4 aliphatic rings. The van der Waals surface area contributed by atoms with Gasteiger partial charge in [0, 0.05) is 23.2 Å². The lowest BCUT2D eigenvalue weighted by Crippen LogP contribution is -2.61. The number of fused-ring (bicyclic) bond motifs is 6. The summed E-state index contributed by atoms with van der Waals surface area (Å²) in [6, 6.07) is 5.81. The minimum Gasteiger partial charge on any atom is -0.393 e. The second kappa shape index (κ2) is 9.47. The van der Waals surface area contributed by atoms with Gasteiger partial charge in [0.05, 0.1) is 22.1 Å². The number of hydrogen-bond acceptors (Lipinski definition) is 8. The molecule has 4 aliphatic carbocycles. The zero-order chi connectivity index (χ0) is 27.7. The minimum atomic E-state index is -1.49. The molecule has 6 nitrogen and oxygen atoms in total. The fourth-order valence-corrected chi connectivity index (χ4v) is 10.5. The van der Waals surface area contributed by atoms with Crippen LogP contribution in [0.4, 0.5) is 0 Å². The van der Waals surface area contributed by atoms with Crippen molar-refractivity contribution < 1.29 is 24.6 Å². The minimum absolute atomic E-state index is 0.0130. The summed E-state index contributed by atoms with van der Waals surface area (Å²) in [6.45, 7) is 5.72. The molecule has 0 radical (unpaired) electrons. The van der Waals surface area contributed by atoms with Crippen LogP contribution in [0.25, 0.3) is 10.2 Å². The maximum absolute atomic E-state index is 13.7. The average molecular weight is 566 g/mol. The molecule has 206 valence electrons. The number of hydrogen-bond donors (Lipinski definition) is 2. The molecule has 0 saturated heterocycles. The summed E-state index contributed by atoms with van der Waals surface area (Å²) >= 11 is 2.86. The van der Waals surface area contributed by atoms with Gasteiger partial charge >= 0.3 is 0 Å². The van der Waals surface area contributed by atoms with E-state index in [1.807, 2.05) is 31.2 Å². The van der Waals surface area contributed by atoms with Crippen LogP contribution in [0.3, 0.4) is 0 Å². The van der Waals surface area contributed by atoms with Crippen LogP contribution in [0.2, 0.25) is 0 Å². The standard InChI is InChI=1S/C31H35NO5S2/c1-17(33)12-18-4-7-23-25(13-18)39-28(32-23)38-16-26(36)31(37)11-9-22-21-6-5-19-14-20(34)8-10-29(19,2)27(21)24(35)15-30(22,31)3/h4,7-8,10,13-14,21-22,24,27,35,37H,5-6,9,11-12,15-16H2,1-3H3/t21?,22?,24-,27?,29?,30?,31-/m0/s1. The third-order valence-corrected chi connectivity index (χ3v) is 12.5. The first-order chi connectivity index (χ1) is 18.4. The zero-order valence-electron chi connectivity index (χ0n) is 22.6. The third kappa shape index (κ3) is 4.21. The van der Waals surface area contributed by atoms with Gasteiger partial charge in [-0.1, -0.05) is 43.3 Å². The van der Waals surface area contributed by atoms with E-state index in [-0.39, 0.29) is 46.3 Å². The number of carbonyl (C=O) groups excluding carboxylic acids is 3. The molecule has 1 aromatic carbocycles. The Kier molecular flexibility index (Phi) is 6.57. The molecule has 0 aliphatic heterocycles. The van der Waals surface area contributed by atoms with Gasteiger partial charge in [-0.3, -0.25) is 14.4 Å². The SMILES string of the molecule is CC(=O)Cc1ccc2nc(SCC(=O)[C@@]3(O)CCC4C5CCC6=CC(=O)C=CC6(C)C5[C@@H](O)CC43C)sc2c1. The number of ketones is 3. The van der Waals surface area contributed by atoms with Gasteiger partial charge in [0.2, 0.25) is 0 Å². The molecule has 0 amide bonds. The summed E-state index contributed by atoms with van der Waals surface area (Å²) in [5.41, 5.74) is 0.338. The van der Waals surface area contributed by atoms with E-state index in [1.54, 1.807) is 19.1 Å². The number of thioether (sulfide) groups is 1. The normalized spacial score (nSPS) is 37.3. The largest absolute Gasteiger partial charge is 0.393 e. The Balaban J connectivity index is 1.20. The van der Waals surface area contributed by atoms with Crippen molar-refractivity contribution in [3.05, 3.63) is 47.6 Å². The Morgan fingerprint density at radius 2 is 2.03 bits per heavy atom. The van der Waals surface area contributed by atoms with E-state index in [0.717, 1.165) is 45.0 Å². The van der Waals surface area contributed by atoms with Crippen LogP contribution in [0, 0.1) is 28.6 Å². The fraction of sp³-hybridized carbons (Fsp3) is 0.548. The van der Waals surface area contributed by atoms with Crippen molar-refractivity contribution in [1.82, 2.24) is 4.98 Å². The lowest BCUT2D eigenvalue weighted by Gasteiger charge is -2.59. The predicted octanol–water partition coefficient (Wildman–Crippen LogP) is 5.10. The quantitative estimate of drug-likeness (QED) is 0.470. The van der Waals surface area contributed by atoms with Crippen molar-refractivity contribution in [3.8, 4) is 0 Å². The van der Waals surface area contributed by atoms with Gasteiger partial charge in [0.1, 0.15) is 11.4 Å². The summed E-state index contributed by atoms with van der Waals surface area (Å²) in [7, 11) is 0. The molecule has 3 fully saturated rings. The maximum Gasteiger partial charge on any atom is 0.178 e. The number of allylic oxidation sites excluding steroid dienone is 4. The maximum atomic E-state index is 13.7. The number of carbonyl (C=O) groups is 3. The number of nitrogens with zero attached hydrogens (tertiary/aromatic N) is 1. The van der Waals surface area contributed by atoms with Crippen molar-refractivity contribution in [2.75, 3.05) is 5.75 Å². The molecule has 3 saturated carbocycles. The number of rotatable bonds is 6. The number of aliphatic hydroxyl groups is 2. The van der Waals surface area contributed by atoms with E-state index < -0.39 is 17.1 Å². The Labute approximate surface area is 237 Å². The molecule has 6 rings (SSSR count). The Morgan fingerprint density at radius 1 is 1.23 bits per heavy atom. The van der Waals surface area contributed by atoms with Crippen LogP contribution in [-0.2, 0) is 20.8 Å². The molecule has 8 heteroatoms. The van der Waals surface area contributed by atoms with E-state index >= 15 is 0 Å². The van der Waals surface area contributed by atoms with E-state index in [1.165, 1.54) is 23.1 Å². The predicted molar refractivity (Wildman–Crippen MR) is 153 cm³/mol. The molecule has 1 aromatic heterocycles. The van der Waals surface area contributed by atoms with E-state index in [9.17, 15) is 24.6 Å².